The molecule has 0 unspecified atom stereocenters. The fourth-order valence-corrected chi connectivity index (χ4v) is 1.91. The summed E-state index contributed by atoms with van der Waals surface area (Å²) in [4.78, 5) is 12.5. The van der Waals surface area contributed by atoms with Crippen molar-refractivity contribution in [1.82, 2.24) is 4.90 Å². The van der Waals surface area contributed by atoms with Crippen molar-refractivity contribution in [3.8, 4) is 5.75 Å². The lowest BCUT2D eigenvalue weighted by molar-refractivity contribution is -0.274. The van der Waals surface area contributed by atoms with Gasteiger partial charge in [-0.3, -0.25) is 9.69 Å². The highest BCUT2D eigenvalue weighted by atomic mass is 19.4. The molecule has 1 N–H and O–H groups in total. The Morgan fingerprint density at radius 2 is 1.89 bits per heavy atom. The number of halogens is 3. The normalized spacial score (nSPS) is 17.0. The molecule has 0 aromatic heterocycles. The van der Waals surface area contributed by atoms with Crippen molar-refractivity contribution >= 4 is 5.97 Å². The van der Waals surface area contributed by atoms with E-state index in [0.717, 1.165) is 5.56 Å². The fraction of sp³-hybridized carbons (Fsp3) is 0.417. The van der Waals surface area contributed by atoms with Gasteiger partial charge in [0.15, 0.2) is 0 Å². The first-order chi connectivity index (χ1) is 8.83. The molecule has 104 valence electrons. The van der Waals surface area contributed by atoms with E-state index in [4.69, 9.17) is 5.11 Å². The number of alkyl halides is 3. The summed E-state index contributed by atoms with van der Waals surface area (Å²) in [5.74, 6) is -1.42. The largest absolute Gasteiger partial charge is 0.573 e. The fourth-order valence-electron chi connectivity index (χ4n) is 1.91. The number of hydrogen-bond donors (Lipinski definition) is 1. The van der Waals surface area contributed by atoms with Crippen LogP contribution in [0.15, 0.2) is 24.3 Å². The number of benzene rings is 1. The summed E-state index contributed by atoms with van der Waals surface area (Å²) in [5.41, 5.74) is 0.818. The van der Waals surface area contributed by atoms with E-state index in [-0.39, 0.29) is 11.7 Å². The van der Waals surface area contributed by atoms with Crippen LogP contribution in [0.3, 0.4) is 0 Å². The van der Waals surface area contributed by atoms with Gasteiger partial charge in [-0.25, -0.2) is 0 Å². The molecule has 0 amide bonds. The maximum Gasteiger partial charge on any atom is 0.573 e. The van der Waals surface area contributed by atoms with Gasteiger partial charge in [0.1, 0.15) is 5.75 Å². The van der Waals surface area contributed by atoms with E-state index >= 15 is 0 Å². The van der Waals surface area contributed by atoms with Crippen LogP contribution in [0.4, 0.5) is 13.2 Å². The molecule has 1 fully saturated rings. The molecule has 7 heteroatoms. The number of ether oxygens (including phenoxy) is 1. The van der Waals surface area contributed by atoms with E-state index in [1.807, 2.05) is 4.90 Å². The van der Waals surface area contributed by atoms with E-state index in [1.54, 1.807) is 0 Å². The number of carbonyl (C=O) groups is 1. The minimum absolute atomic E-state index is 0.261. The standard InChI is InChI=1S/C12H12F3NO3/c13-12(14,15)19-10-3-1-8(2-4-10)5-16-6-9(7-16)11(17)18/h1-4,9H,5-7H2,(H,17,18). The van der Waals surface area contributed by atoms with E-state index in [1.165, 1.54) is 24.3 Å². The summed E-state index contributed by atoms with van der Waals surface area (Å²) in [6.07, 6.45) is -4.69. The van der Waals surface area contributed by atoms with Crippen molar-refractivity contribution in [2.24, 2.45) is 5.92 Å². The Morgan fingerprint density at radius 3 is 2.37 bits per heavy atom. The predicted molar refractivity (Wildman–Crippen MR) is 59.5 cm³/mol. The van der Waals surface area contributed by atoms with Gasteiger partial charge in [0, 0.05) is 19.6 Å². The molecule has 0 atom stereocenters. The highest BCUT2D eigenvalue weighted by Crippen LogP contribution is 2.24. The molecule has 1 heterocycles. The number of carboxylic acid groups (broad SMARTS) is 1. The number of hydrogen-bond acceptors (Lipinski definition) is 3. The second-order valence-corrected chi connectivity index (χ2v) is 4.42. The van der Waals surface area contributed by atoms with Crippen LogP contribution in [0.25, 0.3) is 0 Å². The third-order valence-corrected chi connectivity index (χ3v) is 2.87. The molecular weight excluding hydrogens is 263 g/mol. The average Bonchev–Trinajstić information content (AvgIpc) is 2.22. The van der Waals surface area contributed by atoms with Crippen LogP contribution in [0.1, 0.15) is 5.56 Å². The predicted octanol–water partition coefficient (Wildman–Crippen LogP) is 2.10. The molecule has 1 saturated heterocycles. The third-order valence-electron chi connectivity index (χ3n) is 2.87. The average molecular weight is 275 g/mol. The van der Waals surface area contributed by atoms with Crippen LogP contribution in [0, 0.1) is 5.92 Å². The molecule has 0 radical (unpaired) electrons. The first kappa shape index (κ1) is 13.7. The van der Waals surface area contributed by atoms with Gasteiger partial charge in [-0.1, -0.05) is 12.1 Å². The van der Waals surface area contributed by atoms with Gasteiger partial charge in [0.25, 0.3) is 0 Å². The number of carboxylic acids is 1. The van der Waals surface area contributed by atoms with E-state index < -0.39 is 12.3 Å². The zero-order valence-corrected chi connectivity index (χ0v) is 9.85. The highest BCUT2D eigenvalue weighted by Gasteiger charge is 2.32. The Morgan fingerprint density at radius 1 is 1.32 bits per heavy atom. The maximum absolute atomic E-state index is 11.9. The van der Waals surface area contributed by atoms with Crippen LogP contribution in [-0.4, -0.2) is 35.4 Å². The number of likely N-dealkylation sites (tertiary alicyclic amines) is 1. The topological polar surface area (TPSA) is 49.8 Å². The molecule has 1 aromatic rings. The van der Waals surface area contributed by atoms with E-state index in [2.05, 4.69) is 4.74 Å². The summed E-state index contributed by atoms with van der Waals surface area (Å²) in [6, 6.07) is 5.57. The second-order valence-electron chi connectivity index (χ2n) is 4.42. The third kappa shape index (κ3) is 3.85. The molecule has 1 aliphatic heterocycles. The maximum atomic E-state index is 11.9. The Kier molecular flexibility index (Phi) is 3.66. The molecule has 1 aliphatic rings. The summed E-state index contributed by atoms with van der Waals surface area (Å²) in [7, 11) is 0. The van der Waals surface area contributed by atoms with Gasteiger partial charge in [0.2, 0.25) is 0 Å². The van der Waals surface area contributed by atoms with E-state index in [0.29, 0.717) is 19.6 Å². The molecule has 2 rings (SSSR count). The molecular formula is C12H12F3NO3. The monoisotopic (exact) mass is 275 g/mol. The van der Waals surface area contributed by atoms with Crippen LogP contribution >= 0.6 is 0 Å². The molecule has 0 spiro atoms. The minimum atomic E-state index is -4.69. The lowest BCUT2D eigenvalue weighted by Gasteiger charge is -2.36. The van der Waals surface area contributed by atoms with Crippen molar-refractivity contribution in [2.45, 2.75) is 12.9 Å². The SMILES string of the molecule is O=C(O)C1CN(Cc2ccc(OC(F)(F)F)cc2)C1. The molecule has 1 aromatic carbocycles. The summed E-state index contributed by atoms with van der Waals surface area (Å²) < 4.78 is 39.6. The Balaban J connectivity index is 1.85. The van der Waals surface area contributed by atoms with E-state index in [9.17, 15) is 18.0 Å². The number of nitrogens with zero attached hydrogens (tertiary/aromatic N) is 1. The van der Waals surface area contributed by atoms with Crippen molar-refractivity contribution in [3.05, 3.63) is 29.8 Å². The zero-order valence-electron chi connectivity index (χ0n) is 9.85. The van der Waals surface area contributed by atoms with Gasteiger partial charge >= 0.3 is 12.3 Å². The molecule has 4 nitrogen and oxygen atoms in total. The lowest BCUT2D eigenvalue weighted by atomic mass is 10.00. The van der Waals surface area contributed by atoms with Crippen molar-refractivity contribution in [2.75, 3.05) is 13.1 Å². The van der Waals surface area contributed by atoms with Gasteiger partial charge in [-0.15, -0.1) is 13.2 Å². The molecule has 0 saturated carbocycles. The summed E-state index contributed by atoms with van der Waals surface area (Å²) in [6.45, 7) is 1.46. The van der Waals surface area contributed by atoms with Gasteiger partial charge in [-0.05, 0) is 17.7 Å². The van der Waals surface area contributed by atoms with Crippen molar-refractivity contribution < 1.29 is 27.8 Å². The highest BCUT2D eigenvalue weighted by molar-refractivity contribution is 5.71. The number of rotatable bonds is 4. The minimum Gasteiger partial charge on any atom is -0.481 e. The van der Waals surface area contributed by atoms with Crippen molar-refractivity contribution in [3.63, 3.8) is 0 Å². The second kappa shape index (κ2) is 5.08. The molecule has 0 aliphatic carbocycles. The first-order valence-electron chi connectivity index (χ1n) is 5.63. The molecule has 19 heavy (non-hydrogen) atoms. The Bertz CT molecular complexity index is 452. The summed E-state index contributed by atoms with van der Waals surface area (Å²) >= 11 is 0. The molecule has 0 bridgehead atoms. The van der Waals surface area contributed by atoms with Crippen molar-refractivity contribution in [1.29, 1.82) is 0 Å². The first-order valence-corrected chi connectivity index (χ1v) is 5.63. The van der Waals surface area contributed by atoms with Crippen LogP contribution in [-0.2, 0) is 11.3 Å². The Hall–Kier alpha value is -1.76. The smallest absolute Gasteiger partial charge is 0.481 e. The van der Waals surface area contributed by atoms with Gasteiger partial charge in [-0.2, -0.15) is 0 Å². The summed E-state index contributed by atoms with van der Waals surface area (Å²) in [5, 5.41) is 8.71. The van der Waals surface area contributed by atoms with Gasteiger partial charge in [0.05, 0.1) is 5.92 Å². The number of aliphatic carboxylic acids is 1. The Labute approximate surface area is 107 Å². The van der Waals surface area contributed by atoms with Crippen LogP contribution < -0.4 is 4.74 Å². The quantitative estimate of drug-likeness (QED) is 0.914. The zero-order chi connectivity index (χ0) is 14.0. The van der Waals surface area contributed by atoms with Gasteiger partial charge < -0.3 is 9.84 Å². The lowest BCUT2D eigenvalue weighted by Crippen LogP contribution is -2.49. The van der Waals surface area contributed by atoms with Crippen LogP contribution in [0.5, 0.6) is 5.75 Å². The van der Waals surface area contributed by atoms with Crippen LogP contribution in [0.2, 0.25) is 0 Å².